The quantitative estimate of drug-likeness (QED) is 0.695. The van der Waals surface area contributed by atoms with Crippen LogP contribution in [-0.4, -0.2) is 32.4 Å². The maximum atomic E-state index is 10.1. The zero-order valence-corrected chi connectivity index (χ0v) is 15.4. The second-order valence-electron chi connectivity index (χ2n) is 5.21. The summed E-state index contributed by atoms with van der Waals surface area (Å²) in [4.78, 5) is 0. The first kappa shape index (κ1) is 20.6. The van der Waals surface area contributed by atoms with Crippen LogP contribution in [0.3, 0.4) is 0 Å². The number of hydrogen-bond donors (Lipinski definition) is 2. The summed E-state index contributed by atoms with van der Waals surface area (Å²) < 4.78 is 10.5. The van der Waals surface area contributed by atoms with Crippen LogP contribution in [0.15, 0.2) is 42.5 Å². The van der Waals surface area contributed by atoms with Gasteiger partial charge in [-0.05, 0) is 48.4 Å². The van der Waals surface area contributed by atoms with E-state index >= 15 is 0 Å². The zero-order chi connectivity index (χ0) is 16.7. The van der Waals surface area contributed by atoms with Crippen LogP contribution in [0.5, 0.6) is 11.5 Å². The zero-order valence-electron chi connectivity index (χ0n) is 13.8. The SMILES string of the molecule is COc1ccc(CCNCC(O)c2ccc(Cl)cc2)cc1OC.Cl. The van der Waals surface area contributed by atoms with Crippen molar-refractivity contribution in [3.8, 4) is 11.5 Å². The molecule has 0 aliphatic rings. The smallest absolute Gasteiger partial charge is 0.160 e. The van der Waals surface area contributed by atoms with Crippen LogP contribution < -0.4 is 14.8 Å². The number of aliphatic hydroxyl groups excluding tert-OH is 1. The molecular formula is C18H23Cl2NO3. The standard InChI is InChI=1S/C18H22ClNO3.ClH/c1-22-17-8-3-13(11-18(17)23-2)9-10-20-12-16(21)14-4-6-15(19)7-5-14;/h3-8,11,16,20-21H,9-10,12H2,1-2H3;1H. The molecule has 132 valence electrons. The van der Waals surface area contributed by atoms with Gasteiger partial charge in [0.2, 0.25) is 0 Å². The monoisotopic (exact) mass is 371 g/mol. The van der Waals surface area contributed by atoms with E-state index in [1.165, 1.54) is 0 Å². The van der Waals surface area contributed by atoms with E-state index < -0.39 is 6.10 Å². The summed E-state index contributed by atoms with van der Waals surface area (Å²) in [7, 11) is 3.25. The predicted molar refractivity (Wildman–Crippen MR) is 99.8 cm³/mol. The van der Waals surface area contributed by atoms with E-state index in [9.17, 15) is 5.11 Å². The second kappa shape index (κ2) is 10.4. The fourth-order valence-electron chi connectivity index (χ4n) is 2.31. The maximum Gasteiger partial charge on any atom is 0.160 e. The molecule has 0 aliphatic carbocycles. The fraction of sp³-hybridized carbons (Fsp3) is 0.333. The Labute approximate surface area is 154 Å². The van der Waals surface area contributed by atoms with Crippen molar-refractivity contribution in [3.63, 3.8) is 0 Å². The highest BCUT2D eigenvalue weighted by Crippen LogP contribution is 2.27. The van der Waals surface area contributed by atoms with Crippen molar-refractivity contribution >= 4 is 24.0 Å². The minimum Gasteiger partial charge on any atom is -0.493 e. The number of hydrogen-bond acceptors (Lipinski definition) is 4. The summed E-state index contributed by atoms with van der Waals surface area (Å²) >= 11 is 5.84. The average molecular weight is 372 g/mol. The van der Waals surface area contributed by atoms with E-state index in [-0.39, 0.29) is 12.4 Å². The number of halogens is 2. The van der Waals surface area contributed by atoms with Gasteiger partial charge in [0.1, 0.15) is 0 Å². The molecule has 2 rings (SSSR count). The molecule has 0 amide bonds. The molecule has 0 heterocycles. The highest BCUT2D eigenvalue weighted by atomic mass is 35.5. The fourth-order valence-corrected chi connectivity index (χ4v) is 2.44. The number of ether oxygens (including phenoxy) is 2. The second-order valence-corrected chi connectivity index (χ2v) is 5.65. The number of aliphatic hydroxyl groups is 1. The normalized spacial score (nSPS) is 11.5. The lowest BCUT2D eigenvalue weighted by molar-refractivity contribution is 0.175. The number of nitrogens with one attached hydrogen (secondary N) is 1. The molecule has 2 aromatic rings. The lowest BCUT2D eigenvalue weighted by Gasteiger charge is -2.13. The lowest BCUT2D eigenvalue weighted by atomic mass is 10.1. The first-order chi connectivity index (χ1) is 11.1. The Hall–Kier alpha value is -1.46. The van der Waals surface area contributed by atoms with Gasteiger partial charge in [0.15, 0.2) is 11.5 Å². The topological polar surface area (TPSA) is 50.7 Å². The van der Waals surface area contributed by atoms with Crippen LogP contribution in [0.4, 0.5) is 0 Å². The lowest BCUT2D eigenvalue weighted by Crippen LogP contribution is -2.23. The van der Waals surface area contributed by atoms with Gasteiger partial charge < -0.3 is 19.9 Å². The van der Waals surface area contributed by atoms with Crippen LogP contribution in [-0.2, 0) is 6.42 Å². The highest BCUT2D eigenvalue weighted by molar-refractivity contribution is 6.30. The van der Waals surface area contributed by atoms with Gasteiger partial charge in [0.05, 0.1) is 20.3 Å². The Morgan fingerprint density at radius 3 is 2.33 bits per heavy atom. The van der Waals surface area contributed by atoms with E-state index in [0.717, 1.165) is 35.6 Å². The Bertz CT molecular complexity index is 620. The molecule has 0 aliphatic heterocycles. The summed E-state index contributed by atoms with van der Waals surface area (Å²) in [6.45, 7) is 1.26. The van der Waals surface area contributed by atoms with Crippen LogP contribution in [0.2, 0.25) is 5.02 Å². The molecule has 1 atom stereocenters. The summed E-state index contributed by atoms with van der Waals surface area (Å²) in [5.74, 6) is 1.45. The molecule has 4 nitrogen and oxygen atoms in total. The Balaban J connectivity index is 0.00000288. The van der Waals surface area contributed by atoms with Gasteiger partial charge in [-0.15, -0.1) is 12.4 Å². The average Bonchev–Trinajstić information content (AvgIpc) is 2.58. The van der Waals surface area contributed by atoms with E-state index in [0.29, 0.717) is 11.6 Å². The summed E-state index contributed by atoms with van der Waals surface area (Å²) in [5.41, 5.74) is 2.00. The third-order valence-electron chi connectivity index (χ3n) is 3.63. The van der Waals surface area contributed by atoms with E-state index in [4.69, 9.17) is 21.1 Å². The van der Waals surface area contributed by atoms with Gasteiger partial charge in [-0.3, -0.25) is 0 Å². The van der Waals surface area contributed by atoms with Crippen LogP contribution >= 0.6 is 24.0 Å². The third kappa shape index (κ3) is 5.87. The summed E-state index contributed by atoms with van der Waals surface area (Å²) in [6.07, 6.45) is 0.297. The van der Waals surface area contributed by atoms with Crippen molar-refractivity contribution in [2.45, 2.75) is 12.5 Å². The molecule has 0 radical (unpaired) electrons. The predicted octanol–water partition coefficient (Wildman–Crippen LogP) is 3.64. The Morgan fingerprint density at radius 1 is 1.04 bits per heavy atom. The van der Waals surface area contributed by atoms with Crippen molar-refractivity contribution in [1.29, 1.82) is 0 Å². The van der Waals surface area contributed by atoms with Crippen LogP contribution in [0.1, 0.15) is 17.2 Å². The van der Waals surface area contributed by atoms with E-state index in [1.54, 1.807) is 26.4 Å². The molecule has 0 spiro atoms. The molecule has 0 saturated carbocycles. The number of rotatable bonds is 8. The maximum absolute atomic E-state index is 10.1. The van der Waals surface area contributed by atoms with Crippen molar-refractivity contribution in [1.82, 2.24) is 5.32 Å². The Kier molecular flexibility index (Phi) is 8.93. The van der Waals surface area contributed by atoms with Crippen LogP contribution in [0.25, 0.3) is 0 Å². The van der Waals surface area contributed by atoms with Gasteiger partial charge >= 0.3 is 0 Å². The van der Waals surface area contributed by atoms with E-state index in [2.05, 4.69) is 5.32 Å². The van der Waals surface area contributed by atoms with Gasteiger partial charge in [0, 0.05) is 11.6 Å². The van der Waals surface area contributed by atoms with Crippen LogP contribution in [0, 0.1) is 0 Å². The largest absolute Gasteiger partial charge is 0.493 e. The van der Waals surface area contributed by atoms with Crippen molar-refractivity contribution in [2.24, 2.45) is 0 Å². The van der Waals surface area contributed by atoms with E-state index in [1.807, 2.05) is 30.3 Å². The van der Waals surface area contributed by atoms with Gasteiger partial charge in [-0.25, -0.2) is 0 Å². The van der Waals surface area contributed by atoms with Gasteiger partial charge in [0.25, 0.3) is 0 Å². The highest BCUT2D eigenvalue weighted by Gasteiger charge is 2.07. The molecule has 0 aromatic heterocycles. The van der Waals surface area contributed by atoms with Gasteiger partial charge in [-0.2, -0.15) is 0 Å². The Morgan fingerprint density at radius 2 is 1.71 bits per heavy atom. The van der Waals surface area contributed by atoms with Gasteiger partial charge in [-0.1, -0.05) is 29.8 Å². The van der Waals surface area contributed by atoms with Crippen molar-refractivity contribution < 1.29 is 14.6 Å². The summed E-state index contributed by atoms with van der Waals surface area (Å²) in [5, 5.41) is 14.0. The molecule has 0 bridgehead atoms. The molecule has 0 saturated heterocycles. The third-order valence-corrected chi connectivity index (χ3v) is 3.88. The first-order valence-corrected chi connectivity index (χ1v) is 7.87. The molecule has 2 N–H and O–H groups in total. The summed E-state index contributed by atoms with van der Waals surface area (Å²) in [6, 6.07) is 13.1. The number of methoxy groups -OCH3 is 2. The molecular weight excluding hydrogens is 349 g/mol. The minimum absolute atomic E-state index is 0. The molecule has 0 fully saturated rings. The minimum atomic E-state index is -0.544. The van der Waals surface area contributed by atoms with Crippen molar-refractivity contribution in [2.75, 3.05) is 27.3 Å². The number of benzene rings is 2. The molecule has 1 unspecified atom stereocenters. The molecule has 24 heavy (non-hydrogen) atoms. The molecule has 6 heteroatoms. The van der Waals surface area contributed by atoms with Crippen molar-refractivity contribution in [3.05, 3.63) is 58.6 Å². The molecule has 2 aromatic carbocycles. The first-order valence-electron chi connectivity index (χ1n) is 7.49.